The minimum Gasteiger partial charge on any atom is -0.480 e. The summed E-state index contributed by atoms with van der Waals surface area (Å²) in [4.78, 5) is 33.2. The first kappa shape index (κ1) is 15.4. The van der Waals surface area contributed by atoms with Crippen LogP contribution in [0.4, 0.5) is 0 Å². The maximum Gasteiger partial charge on any atom is 0.326 e. The third-order valence-corrected chi connectivity index (χ3v) is 2.09. The van der Waals surface area contributed by atoms with Crippen LogP contribution in [0.1, 0.15) is 20.8 Å². The van der Waals surface area contributed by atoms with E-state index in [0.29, 0.717) is 0 Å². The fourth-order valence-electron chi connectivity index (χ4n) is 1.07. The smallest absolute Gasteiger partial charge is 0.326 e. The monoisotopic (exact) mass is 245 g/mol. The lowest BCUT2D eigenvalue weighted by Crippen LogP contribution is -2.49. The fourth-order valence-corrected chi connectivity index (χ4v) is 1.07. The number of nitrogens with one attached hydrogen (secondary N) is 2. The van der Waals surface area contributed by atoms with Gasteiger partial charge in [-0.05, 0) is 12.8 Å². The van der Waals surface area contributed by atoms with Crippen molar-refractivity contribution in [3.63, 3.8) is 0 Å². The molecule has 2 atom stereocenters. The van der Waals surface area contributed by atoms with Gasteiger partial charge in [-0.25, -0.2) is 4.79 Å². The third-order valence-electron chi connectivity index (χ3n) is 2.09. The molecule has 5 N–H and O–H groups in total. The molecule has 0 radical (unpaired) electrons. The molecule has 0 rings (SSSR count). The standard InChI is InChI=1S/C10H19N3O4/c1-5(2)8(10(16)17)13-7(14)4-12-9(15)6(3)11/h5-6,8H,4,11H2,1-3H3,(H,12,15)(H,13,14)(H,16,17)/t6-,8-/m0/s1. The van der Waals surface area contributed by atoms with Gasteiger partial charge in [-0.2, -0.15) is 0 Å². The van der Waals surface area contributed by atoms with Crippen LogP contribution in [0.2, 0.25) is 0 Å². The zero-order valence-corrected chi connectivity index (χ0v) is 10.2. The van der Waals surface area contributed by atoms with E-state index in [9.17, 15) is 14.4 Å². The van der Waals surface area contributed by atoms with Gasteiger partial charge < -0.3 is 21.5 Å². The first-order valence-electron chi connectivity index (χ1n) is 5.31. The number of carbonyl (C=O) groups is 3. The molecule has 7 heteroatoms. The lowest BCUT2D eigenvalue weighted by Gasteiger charge is -2.18. The Morgan fingerprint density at radius 1 is 1.24 bits per heavy atom. The van der Waals surface area contributed by atoms with Crippen molar-refractivity contribution in [1.29, 1.82) is 0 Å². The van der Waals surface area contributed by atoms with Crippen molar-refractivity contribution < 1.29 is 19.5 Å². The summed E-state index contributed by atoms with van der Waals surface area (Å²) in [5, 5.41) is 13.4. The van der Waals surface area contributed by atoms with Crippen molar-refractivity contribution in [3.8, 4) is 0 Å². The second-order valence-electron chi connectivity index (χ2n) is 4.13. The number of carbonyl (C=O) groups excluding carboxylic acids is 2. The molecule has 0 aromatic heterocycles. The van der Waals surface area contributed by atoms with Gasteiger partial charge in [-0.15, -0.1) is 0 Å². The fraction of sp³-hybridized carbons (Fsp3) is 0.700. The summed E-state index contributed by atoms with van der Waals surface area (Å²) in [6, 6.07) is -1.67. The average molecular weight is 245 g/mol. The number of carboxylic acids is 1. The van der Waals surface area contributed by atoms with Crippen LogP contribution in [0, 0.1) is 5.92 Å². The van der Waals surface area contributed by atoms with Crippen LogP contribution in [0.25, 0.3) is 0 Å². The van der Waals surface area contributed by atoms with E-state index < -0.39 is 29.9 Å². The molecule has 0 unspecified atom stereocenters. The Kier molecular flexibility index (Phi) is 6.19. The second kappa shape index (κ2) is 6.85. The second-order valence-corrected chi connectivity index (χ2v) is 4.13. The van der Waals surface area contributed by atoms with E-state index >= 15 is 0 Å². The van der Waals surface area contributed by atoms with E-state index in [1.165, 1.54) is 6.92 Å². The van der Waals surface area contributed by atoms with Crippen molar-refractivity contribution >= 4 is 17.8 Å². The van der Waals surface area contributed by atoms with Gasteiger partial charge >= 0.3 is 5.97 Å². The van der Waals surface area contributed by atoms with E-state index in [2.05, 4.69) is 10.6 Å². The van der Waals surface area contributed by atoms with Crippen LogP contribution < -0.4 is 16.4 Å². The molecule has 0 saturated carbocycles. The Hall–Kier alpha value is -1.63. The summed E-state index contributed by atoms with van der Waals surface area (Å²) < 4.78 is 0. The highest BCUT2D eigenvalue weighted by Gasteiger charge is 2.23. The molecule has 98 valence electrons. The number of hydrogen-bond donors (Lipinski definition) is 4. The number of aliphatic carboxylic acids is 1. The maximum absolute atomic E-state index is 11.4. The zero-order chi connectivity index (χ0) is 13.6. The average Bonchev–Trinajstić information content (AvgIpc) is 2.21. The normalized spacial score (nSPS) is 13.9. The van der Waals surface area contributed by atoms with Gasteiger partial charge in [0.05, 0.1) is 12.6 Å². The topological polar surface area (TPSA) is 122 Å². The summed E-state index contributed by atoms with van der Waals surface area (Å²) in [6.45, 7) is 4.57. The number of carboxylic acid groups (broad SMARTS) is 1. The molecular weight excluding hydrogens is 226 g/mol. The summed E-state index contributed by atoms with van der Waals surface area (Å²) in [5.74, 6) is -2.36. The molecule has 0 aliphatic rings. The Bertz CT molecular complexity index is 302. The Morgan fingerprint density at radius 3 is 2.12 bits per heavy atom. The van der Waals surface area contributed by atoms with Gasteiger partial charge in [0.15, 0.2) is 0 Å². The molecule has 0 heterocycles. The number of rotatable bonds is 6. The molecule has 0 fully saturated rings. The quantitative estimate of drug-likeness (QED) is 0.462. The summed E-state index contributed by atoms with van der Waals surface area (Å²) >= 11 is 0. The van der Waals surface area contributed by atoms with Crippen molar-refractivity contribution in [3.05, 3.63) is 0 Å². The number of hydrogen-bond acceptors (Lipinski definition) is 4. The molecule has 7 nitrogen and oxygen atoms in total. The molecule has 0 aromatic rings. The van der Waals surface area contributed by atoms with E-state index in [1.54, 1.807) is 13.8 Å². The minimum absolute atomic E-state index is 0.236. The molecular formula is C10H19N3O4. The summed E-state index contributed by atoms with van der Waals surface area (Å²) in [7, 11) is 0. The van der Waals surface area contributed by atoms with Gasteiger partial charge in [0, 0.05) is 0 Å². The van der Waals surface area contributed by atoms with E-state index in [1.807, 2.05) is 0 Å². The van der Waals surface area contributed by atoms with Gasteiger partial charge in [-0.3, -0.25) is 9.59 Å². The first-order valence-corrected chi connectivity index (χ1v) is 5.31. The maximum atomic E-state index is 11.4. The first-order chi connectivity index (χ1) is 7.75. The lowest BCUT2D eigenvalue weighted by molar-refractivity contribution is -0.143. The molecule has 0 aliphatic carbocycles. The number of amides is 2. The van der Waals surface area contributed by atoms with E-state index in [0.717, 1.165) is 0 Å². The minimum atomic E-state index is -1.10. The van der Waals surface area contributed by atoms with Crippen LogP contribution >= 0.6 is 0 Å². The highest BCUT2D eigenvalue weighted by Crippen LogP contribution is 2.00. The van der Waals surface area contributed by atoms with Gasteiger partial charge in [0.1, 0.15) is 6.04 Å². The van der Waals surface area contributed by atoms with Crippen molar-refractivity contribution in [2.75, 3.05) is 6.54 Å². The Balaban J connectivity index is 4.17. The van der Waals surface area contributed by atoms with Crippen LogP contribution in [0.15, 0.2) is 0 Å². The molecule has 0 aromatic carbocycles. The highest BCUT2D eigenvalue weighted by molar-refractivity contribution is 5.89. The largest absolute Gasteiger partial charge is 0.480 e. The van der Waals surface area contributed by atoms with Crippen LogP contribution in [-0.2, 0) is 14.4 Å². The molecule has 2 amide bonds. The predicted octanol–water partition coefficient (Wildman–Crippen LogP) is -1.32. The van der Waals surface area contributed by atoms with Crippen LogP contribution in [-0.4, -0.2) is 41.5 Å². The molecule has 0 bridgehead atoms. The van der Waals surface area contributed by atoms with Gasteiger partial charge in [0.2, 0.25) is 11.8 Å². The SMILES string of the molecule is CC(C)[C@H](NC(=O)CNC(=O)[C@H](C)N)C(=O)O. The van der Waals surface area contributed by atoms with Gasteiger partial charge in [-0.1, -0.05) is 13.8 Å². The van der Waals surface area contributed by atoms with E-state index in [4.69, 9.17) is 10.8 Å². The zero-order valence-electron chi connectivity index (χ0n) is 10.2. The predicted molar refractivity (Wildman–Crippen MR) is 61.1 cm³/mol. The van der Waals surface area contributed by atoms with Gasteiger partial charge in [0.25, 0.3) is 0 Å². The third kappa shape index (κ3) is 5.86. The molecule has 0 aliphatic heterocycles. The summed E-state index contributed by atoms with van der Waals surface area (Å²) in [6.07, 6.45) is 0. The highest BCUT2D eigenvalue weighted by atomic mass is 16.4. The molecule has 17 heavy (non-hydrogen) atoms. The van der Waals surface area contributed by atoms with Crippen molar-refractivity contribution in [2.24, 2.45) is 11.7 Å². The van der Waals surface area contributed by atoms with Crippen LogP contribution in [0.5, 0.6) is 0 Å². The molecule has 0 spiro atoms. The number of nitrogens with two attached hydrogens (primary N) is 1. The summed E-state index contributed by atoms with van der Waals surface area (Å²) in [5.41, 5.74) is 5.28. The molecule has 0 saturated heterocycles. The van der Waals surface area contributed by atoms with Crippen LogP contribution in [0.3, 0.4) is 0 Å². The van der Waals surface area contributed by atoms with E-state index in [-0.39, 0.29) is 12.5 Å². The van der Waals surface area contributed by atoms with Crippen molar-refractivity contribution in [1.82, 2.24) is 10.6 Å². The lowest BCUT2D eigenvalue weighted by atomic mass is 10.1. The Morgan fingerprint density at radius 2 is 1.76 bits per heavy atom. The van der Waals surface area contributed by atoms with Crippen molar-refractivity contribution in [2.45, 2.75) is 32.9 Å². The Labute approximate surface area is 99.7 Å².